The molecule has 4 N–H and O–H groups in total. The standard InChI is InChI=1S/C20H20N4O5/c25-17(23-15(19(27)28)10-13-6-2-1-3-7-13)11-21-20(29)24-12-18(26)22-14-8-4-5-9-16(14)24/h1-9,15H,10-12H2,(H,21,29)(H,22,26)(H,23,25)(H,27,28)/t15-/m1/s1. The number of carboxylic acids is 1. The van der Waals surface area contributed by atoms with Crippen molar-refractivity contribution >= 4 is 35.2 Å². The molecule has 0 saturated carbocycles. The third-order valence-electron chi connectivity index (χ3n) is 4.33. The van der Waals surface area contributed by atoms with Crippen molar-refractivity contribution in [3.8, 4) is 0 Å². The predicted octanol–water partition coefficient (Wildman–Crippen LogP) is 0.967. The maximum absolute atomic E-state index is 12.5. The van der Waals surface area contributed by atoms with Gasteiger partial charge in [-0.05, 0) is 17.7 Å². The monoisotopic (exact) mass is 396 g/mol. The van der Waals surface area contributed by atoms with Crippen LogP contribution in [0, 0.1) is 0 Å². The smallest absolute Gasteiger partial charge is 0.326 e. The zero-order chi connectivity index (χ0) is 20.8. The summed E-state index contributed by atoms with van der Waals surface area (Å²) in [5.74, 6) is -2.16. The topological polar surface area (TPSA) is 128 Å². The fourth-order valence-corrected chi connectivity index (χ4v) is 2.96. The van der Waals surface area contributed by atoms with Crippen LogP contribution in [0.4, 0.5) is 16.2 Å². The summed E-state index contributed by atoms with van der Waals surface area (Å²) in [5.41, 5.74) is 1.77. The van der Waals surface area contributed by atoms with Gasteiger partial charge in [0.25, 0.3) is 0 Å². The number of carboxylic acid groups (broad SMARTS) is 1. The van der Waals surface area contributed by atoms with Gasteiger partial charge in [0.1, 0.15) is 12.6 Å². The van der Waals surface area contributed by atoms with Gasteiger partial charge < -0.3 is 21.1 Å². The number of aliphatic carboxylic acids is 1. The number of nitrogens with one attached hydrogen (secondary N) is 3. The van der Waals surface area contributed by atoms with Gasteiger partial charge in [0.05, 0.1) is 17.9 Å². The van der Waals surface area contributed by atoms with Crippen LogP contribution in [0.3, 0.4) is 0 Å². The van der Waals surface area contributed by atoms with Gasteiger partial charge in [0, 0.05) is 6.42 Å². The molecule has 0 saturated heterocycles. The molecule has 150 valence electrons. The third kappa shape index (κ3) is 5.10. The Kier molecular flexibility index (Phi) is 6.08. The first-order valence-corrected chi connectivity index (χ1v) is 8.94. The second-order valence-corrected chi connectivity index (χ2v) is 6.46. The molecule has 0 fully saturated rings. The molecule has 1 atom stereocenters. The number of carbonyl (C=O) groups is 4. The summed E-state index contributed by atoms with van der Waals surface area (Å²) in [7, 11) is 0. The first-order valence-electron chi connectivity index (χ1n) is 8.94. The molecule has 0 radical (unpaired) electrons. The molecule has 0 bridgehead atoms. The third-order valence-corrected chi connectivity index (χ3v) is 4.33. The van der Waals surface area contributed by atoms with E-state index < -0.39 is 30.5 Å². The lowest BCUT2D eigenvalue weighted by Crippen LogP contribution is -2.51. The highest BCUT2D eigenvalue weighted by Crippen LogP contribution is 2.28. The average Bonchev–Trinajstić information content (AvgIpc) is 2.71. The number of anilines is 2. The van der Waals surface area contributed by atoms with Gasteiger partial charge in [0.2, 0.25) is 11.8 Å². The van der Waals surface area contributed by atoms with E-state index in [2.05, 4.69) is 16.0 Å². The lowest BCUT2D eigenvalue weighted by atomic mass is 10.1. The van der Waals surface area contributed by atoms with E-state index in [1.807, 2.05) is 6.07 Å². The number of para-hydroxylation sites is 2. The Bertz CT molecular complexity index is 931. The van der Waals surface area contributed by atoms with Crippen LogP contribution in [0.5, 0.6) is 0 Å². The highest BCUT2D eigenvalue weighted by atomic mass is 16.4. The maximum atomic E-state index is 12.5. The van der Waals surface area contributed by atoms with Crippen molar-refractivity contribution in [2.45, 2.75) is 12.5 Å². The molecule has 0 aromatic heterocycles. The van der Waals surface area contributed by atoms with Crippen LogP contribution >= 0.6 is 0 Å². The minimum absolute atomic E-state index is 0.121. The van der Waals surface area contributed by atoms with Crippen LogP contribution in [0.25, 0.3) is 0 Å². The fourth-order valence-electron chi connectivity index (χ4n) is 2.96. The van der Waals surface area contributed by atoms with Gasteiger partial charge in [0.15, 0.2) is 0 Å². The molecule has 0 unspecified atom stereocenters. The van der Waals surface area contributed by atoms with Crippen molar-refractivity contribution in [1.82, 2.24) is 10.6 Å². The van der Waals surface area contributed by atoms with Gasteiger partial charge >= 0.3 is 12.0 Å². The highest BCUT2D eigenvalue weighted by Gasteiger charge is 2.27. The minimum atomic E-state index is -1.17. The Morgan fingerprint density at radius 1 is 1.07 bits per heavy atom. The van der Waals surface area contributed by atoms with Crippen LogP contribution in [0.2, 0.25) is 0 Å². The highest BCUT2D eigenvalue weighted by molar-refractivity contribution is 6.09. The van der Waals surface area contributed by atoms with Gasteiger partial charge in [-0.15, -0.1) is 0 Å². The van der Waals surface area contributed by atoms with E-state index in [0.29, 0.717) is 11.4 Å². The second kappa shape index (κ2) is 8.87. The molecule has 3 rings (SSSR count). The van der Waals surface area contributed by atoms with Crippen LogP contribution in [0.1, 0.15) is 5.56 Å². The molecular formula is C20H20N4O5. The summed E-state index contributed by atoms with van der Waals surface area (Å²) < 4.78 is 0. The number of fused-ring (bicyclic) bond motifs is 1. The van der Waals surface area contributed by atoms with Crippen molar-refractivity contribution in [3.05, 3.63) is 60.2 Å². The first-order chi connectivity index (χ1) is 13.9. The summed E-state index contributed by atoms with van der Waals surface area (Å²) in [6.07, 6.45) is 0.121. The quantitative estimate of drug-likeness (QED) is 0.578. The SMILES string of the molecule is O=C1CN(C(=O)NCC(=O)N[C@H](Cc2ccccc2)C(=O)O)c2ccccc2N1. The molecule has 1 heterocycles. The molecule has 1 aliphatic heterocycles. The number of nitrogens with zero attached hydrogens (tertiary/aromatic N) is 1. The van der Waals surface area contributed by atoms with E-state index in [1.165, 1.54) is 4.90 Å². The minimum Gasteiger partial charge on any atom is -0.480 e. The Morgan fingerprint density at radius 2 is 1.76 bits per heavy atom. The zero-order valence-electron chi connectivity index (χ0n) is 15.4. The molecule has 2 aromatic carbocycles. The predicted molar refractivity (Wildman–Crippen MR) is 106 cm³/mol. The summed E-state index contributed by atoms with van der Waals surface area (Å²) in [5, 5.41) is 16.8. The second-order valence-electron chi connectivity index (χ2n) is 6.46. The summed E-state index contributed by atoms with van der Waals surface area (Å²) in [6.45, 7) is -0.603. The molecule has 9 nitrogen and oxygen atoms in total. The number of urea groups is 1. The largest absolute Gasteiger partial charge is 0.480 e. The van der Waals surface area contributed by atoms with Crippen LogP contribution in [-0.4, -0.2) is 48.1 Å². The average molecular weight is 396 g/mol. The van der Waals surface area contributed by atoms with E-state index in [9.17, 15) is 24.3 Å². The Balaban J connectivity index is 1.58. The number of rotatable bonds is 6. The molecule has 4 amide bonds. The lowest BCUT2D eigenvalue weighted by molar-refractivity contribution is -0.141. The van der Waals surface area contributed by atoms with Crippen molar-refractivity contribution in [2.75, 3.05) is 23.3 Å². The summed E-state index contributed by atoms with van der Waals surface area (Å²) in [6, 6.07) is 14.0. The van der Waals surface area contributed by atoms with Crippen LogP contribution in [0.15, 0.2) is 54.6 Å². The number of amides is 4. The van der Waals surface area contributed by atoms with Crippen molar-refractivity contribution in [1.29, 1.82) is 0 Å². The molecular weight excluding hydrogens is 376 g/mol. The van der Waals surface area contributed by atoms with Gasteiger partial charge in [-0.3, -0.25) is 14.5 Å². The van der Waals surface area contributed by atoms with E-state index in [1.54, 1.807) is 48.5 Å². The van der Waals surface area contributed by atoms with Crippen molar-refractivity contribution < 1.29 is 24.3 Å². The Labute approximate surface area is 166 Å². The number of hydrogen-bond donors (Lipinski definition) is 4. The summed E-state index contributed by atoms with van der Waals surface area (Å²) in [4.78, 5) is 49.1. The van der Waals surface area contributed by atoms with Crippen molar-refractivity contribution in [3.63, 3.8) is 0 Å². The lowest BCUT2D eigenvalue weighted by Gasteiger charge is -2.29. The Hall–Kier alpha value is -3.88. The van der Waals surface area contributed by atoms with E-state index in [4.69, 9.17) is 0 Å². The van der Waals surface area contributed by atoms with Gasteiger partial charge in [-0.1, -0.05) is 42.5 Å². The molecule has 2 aromatic rings. The van der Waals surface area contributed by atoms with E-state index in [0.717, 1.165) is 5.56 Å². The van der Waals surface area contributed by atoms with Crippen molar-refractivity contribution in [2.24, 2.45) is 0 Å². The van der Waals surface area contributed by atoms with Gasteiger partial charge in [-0.2, -0.15) is 0 Å². The maximum Gasteiger partial charge on any atom is 0.326 e. The van der Waals surface area contributed by atoms with E-state index >= 15 is 0 Å². The molecule has 0 spiro atoms. The summed E-state index contributed by atoms with van der Waals surface area (Å²) >= 11 is 0. The Morgan fingerprint density at radius 3 is 2.48 bits per heavy atom. The van der Waals surface area contributed by atoms with E-state index in [-0.39, 0.29) is 18.9 Å². The molecule has 9 heteroatoms. The fraction of sp³-hybridized carbons (Fsp3) is 0.200. The van der Waals surface area contributed by atoms with Gasteiger partial charge in [-0.25, -0.2) is 9.59 Å². The molecule has 1 aliphatic rings. The number of hydrogen-bond acceptors (Lipinski definition) is 4. The van der Waals surface area contributed by atoms with Crippen LogP contribution < -0.4 is 20.9 Å². The number of carbonyl (C=O) groups excluding carboxylic acids is 3. The zero-order valence-corrected chi connectivity index (χ0v) is 15.4. The van der Waals surface area contributed by atoms with Crippen LogP contribution in [-0.2, 0) is 20.8 Å². The first kappa shape index (κ1) is 19.9. The molecule has 29 heavy (non-hydrogen) atoms. The molecule has 0 aliphatic carbocycles. The normalized spacial score (nSPS) is 13.7. The number of benzene rings is 2.